The summed E-state index contributed by atoms with van der Waals surface area (Å²) in [5.41, 5.74) is 1.24. The highest BCUT2D eigenvalue weighted by Gasteiger charge is 2.35. The summed E-state index contributed by atoms with van der Waals surface area (Å²) >= 11 is 0. The Bertz CT molecular complexity index is 1480. The van der Waals surface area contributed by atoms with Crippen molar-refractivity contribution in [3.05, 3.63) is 95.1 Å². The predicted octanol–water partition coefficient (Wildman–Crippen LogP) is 5.56. The molecule has 1 amide bonds. The molecule has 0 saturated carbocycles. The summed E-state index contributed by atoms with van der Waals surface area (Å²) in [4.78, 5) is 14.9. The van der Waals surface area contributed by atoms with Crippen molar-refractivity contribution >= 4 is 21.4 Å². The van der Waals surface area contributed by atoms with E-state index in [0.717, 1.165) is 12.1 Å². The molecule has 7 nitrogen and oxygen atoms in total. The number of hydrogen-bond donors (Lipinski definition) is 2. The van der Waals surface area contributed by atoms with Crippen molar-refractivity contribution < 1.29 is 45.0 Å². The van der Waals surface area contributed by atoms with E-state index in [1.807, 2.05) is 4.90 Å². The molecule has 0 radical (unpaired) electrons. The zero-order valence-corrected chi connectivity index (χ0v) is 23.9. The number of carbonyl (C=O) groups excluding carboxylic acids is 1. The first-order valence-corrected chi connectivity index (χ1v) is 15.2. The Balaban J connectivity index is 1.47. The zero-order chi connectivity index (χ0) is 31.4. The van der Waals surface area contributed by atoms with E-state index >= 15 is 0 Å². The first-order valence-electron chi connectivity index (χ1n) is 13.5. The van der Waals surface area contributed by atoms with Crippen LogP contribution in [-0.2, 0) is 20.8 Å². The second kappa shape index (κ2) is 13.4. The van der Waals surface area contributed by atoms with Crippen molar-refractivity contribution in [1.82, 2.24) is 5.32 Å². The number of sulfone groups is 1. The Morgan fingerprint density at radius 1 is 1.02 bits per heavy atom. The third-order valence-electron chi connectivity index (χ3n) is 7.51. The number of aliphatic hydroxyl groups is 1. The van der Waals surface area contributed by atoms with E-state index in [-0.39, 0.29) is 28.7 Å². The number of ether oxygens (including phenoxy) is 1. The molecule has 3 aromatic rings. The number of aliphatic hydroxyl groups excluding tert-OH is 1. The number of halogens is 5. The molecule has 0 aromatic heterocycles. The number of carbonyl (C=O) groups is 1. The fraction of sp³-hybridized carbons (Fsp3) is 0.367. The monoisotopic (exact) mass is 626 g/mol. The van der Waals surface area contributed by atoms with Crippen LogP contribution in [-0.4, -0.2) is 57.6 Å². The number of nitrogens with zero attached hydrogens (tertiary/aromatic N) is 1. The maximum absolute atomic E-state index is 13.0. The van der Waals surface area contributed by atoms with E-state index in [1.165, 1.54) is 55.5 Å². The van der Waals surface area contributed by atoms with Crippen LogP contribution in [0.2, 0.25) is 0 Å². The summed E-state index contributed by atoms with van der Waals surface area (Å²) in [6, 6.07) is 15.7. The summed E-state index contributed by atoms with van der Waals surface area (Å²) < 4.78 is 93.4. The van der Waals surface area contributed by atoms with Gasteiger partial charge in [-0.05, 0) is 66.1 Å². The maximum atomic E-state index is 13.0. The van der Waals surface area contributed by atoms with Gasteiger partial charge in [0.2, 0.25) is 0 Å². The lowest BCUT2D eigenvalue weighted by molar-refractivity contribution is -0.137. The lowest BCUT2D eigenvalue weighted by atomic mass is 9.95. The van der Waals surface area contributed by atoms with Crippen LogP contribution in [0.4, 0.5) is 27.6 Å². The average molecular weight is 627 g/mol. The maximum Gasteiger partial charge on any atom is 0.416 e. The molecule has 13 heteroatoms. The third kappa shape index (κ3) is 7.89. The van der Waals surface area contributed by atoms with Crippen LogP contribution in [0.1, 0.15) is 52.4 Å². The number of rotatable bonds is 11. The van der Waals surface area contributed by atoms with Crippen molar-refractivity contribution in [2.24, 2.45) is 0 Å². The normalized spacial score (nSPS) is 18.2. The Labute approximate surface area is 246 Å². The van der Waals surface area contributed by atoms with Crippen LogP contribution < -0.4 is 10.2 Å². The van der Waals surface area contributed by atoms with E-state index in [2.05, 4.69) is 10.1 Å². The highest BCUT2D eigenvalue weighted by Crippen LogP contribution is 2.37. The third-order valence-corrected chi connectivity index (χ3v) is 9.26. The van der Waals surface area contributed by atoms with Gasteiger partial charge in [0, 0.05) is 23.7 Å². The van der Waals surface area contributed by atoms with Gasteiger partial charge in [-0.1, -0.05) is 31.2 Å². The lowest BCUT2D eigenvalue weighted by Gasteiger charge is -2.27. The smallest absolute Gasteiger partial charge is 0.394 e. The first kappa shape index (κ1) is 32.4. The van der Waals surface area contributed by atoms with Gasteiger partial charge >= 0.3 is 12.8 Å². The van der Waals surface area contributed by atoms with E-state index in [9.17, 15) is 40.3 Å². The molecule has 43 heavy (non-hydrogen) atoms. The van der Waals surface area contributed by atoms with Gasteiger partial charge in [-0.15, -0.1) is 0 Å². The minimum absolute atomic E-state index is 0.0599. The molecule has 1 fully saturated rings. The second-order valence-electron chi connectivity index (χ2n) is 10.2. The molecular weight excluding hydrogens is 595 g/mol. The quantitative estimate of drug-likeness (QED) is 0.271. The number of benzene rings is 3. The Morgan fingerprint density at radius 2 is 1.65 bits per heavy atom. The molecule has 232 valence electrons. The van der Waals surface area contributed by atoms with Gasteiger partial charge in [-0.25, -0.2) is 8.42 Å². The first-order chi connectivity index (χ1) is 20.3. The van der Waals surface area contributed by atoms with Gasteiger partial charge in [0.15, 0.2) is 9.84 Å². The van der Waals surface area contributed by atoms with Gasteiger partial charge in [-0.3, -0.25) is 4.79 Å². The molecule has 4 rings (SSSR count). The van der Waals surface area contributed by atoms with Gasteiger partial charge in [0.05, 0.1) is 41.5 Å². The van der Waals surface area contributed by atoms with Crippen molar-refractivity contribution in [3.8, 4) is 0 Å². The van der Waals surface area contributed by atoms with Crippen molar-refractivity contribution in [3.63, 3.8) is 0 Å². The fourth-order valence-corrected chi connectivity index (χ4v) is 6.00. The van der Waals surface area contributed by atoms with Crippen LogP contribution in [0.25, 0.3) is 0 Å². The van der Waals surface area contributed by atoms with Gasteiger partial charge in [-0.2, -0.15) is 22.0 Å². The molecule has 0 bridgehead atoms. The fourth-order valence-electron chi connectivity index (χ4n) is 5.11. The van der Waals surface area contributed by atoms with Gasteiger partial charge in [0.25, 0.3) is 5.91 Å². The minimum atomic E-state index is -4.47. The van der Waals surface area contributed by atoms with Crippen molar-refractivity contribution in [1.29, 1.82) is 0 Å². The zero-order valence-electron chi connectivity index (χ0n) is 23.1. The predicted molar refractivity (Wildman–Crippen MR) is 150 cm³/mol. The largest absolute Gasteiger partial charge is 0.416 e. The molecule has 0 unspecified atom stereocenters. The highest BCUT2D eigenvalue weighted by atomic mass is 32.2. The van der Waals surface area contributed by atoms with E-state index in [4.69, 9.17) is 0 Å². The van der Waals surface area contributed by atoms with E-state index < -0.39 is 52.8 Å². The standard InChI is InChI=1S/C30H31F5N2O5S/c1-2-43(40,41)26-13-7-20(8-14-26)27(17-38)36-28(39)21-5-11-24(12-6-21)37-16-22(15-25(37)18-42-29(31)32)19-3-9-23(10-4-19)30(33,34)35/h3-14,22,25,27,29,38H,2,15-18H2,1H3,(H,36,39)/t22-,25+,27+/m1/s1. The number of anilines is 1. The molecule has 3 aromatic carbocycles. The summed E-state index contributed by atoms with van der Waals surface area (Å²) in [6.07, 6.45) is -4.10. The lowest BCUT2D eigenvalue weighted by Crippen LogP contribution is -2.34. The van der Waals surface area contributed by atoms with Crippen LogP contribution in [0.3, 0.4) is 0 Å². The SMILES string of the molecule is CCS(=O)(=O)c1ccc([C@H](CO)NC(=O)c2ccc(N3C[C@H](c4ccc(C(F)(F)F)cc4)C[C@H]3COC(F)F)cc2)cc1. The summed E-state index contributed by atoms with van der Waals surface area (Å²) in [7, 11) is -3.40. The number of nitrogens with one attached hydrogen (secondary N) is 1. The topological polar surface area (TPSA) is 95.9 Å². The second-order valence-corrected chi connectivity index (χ2v) is 12.5. The van der Waals surface area contributed by atoms with Crippen molar-refractivity contribution in [2.75, 3.05) is 30.4 Å². The Kier molecular flexibility index (Phi) is 10.1. The number of hydrogen-bond acceptors (Lipinski definition) is 6. The molecule has 0 aliphatic carbocycles. The molecule has 1 aliphatic heterocycles. The van der Waals surface area contributed by atoms with Crippen LogP contribution in [0.15, 0.2) is 77.7 Å². The summed E-state index contributed by atoms with van der Waals surface area (Å²) in [5, 5.41) is 12.6. The summed E-state index contributed by atoms with van der Waals surface area (Å²) in [6.45, 7) is -1.85. The van der Waals surface area contributed by atoms with Crippen LogP contribution in [0, 0.1) is 0 Å². The van der Waals surface area contributed by atoms with Gasteiger partial charge < -0.3 is 20.1 Å². The molecule has 1 heterocycles. The highest BCUT2D eigenvalue weighted by molar-refractivity contribution is 7.91. The van der Waals surface area contributed by atoms with Crippen LogP contribution >= 0.6 is 0 Å². The number of amides is 1. The molecule has 3 atom stereocenters. The van der Waals surface area contributed by atoms with E-state index in [1.54, 1.807) is 12.1 Å². The van der Waals surface area contributed by atoms with E-state index in [0.29, 0.717) is 29.8 Å². The summed E-state index contributed by atoms with van der Waals surface area (Å²) in [5.74, 6) is -0.798. The van der Waals surface area contributed by atoms with Crippen LogP contribution in [0.5, 0.6) is 0 Å². The molecular formula is C30H31F5N2O5S. The molecule has 0 spiro atoms. The van der Waals surface area contributed by atoms with Crippen molar-refractivity contribution in [2.45, 2.75) is 49.0 Å². The number of alkyl halides is 5. The Hall–Kier alpha value is -3.55. The Morgan fingerprint density at radius 3 is 2.19 bits per heavy atom. The molecule has 1 saturated heterocycles. The molecule has 2 N–H and O–H groups in total. The minimum Gasteiger partial charge on any atom is -0.394 e. The molecule has 1 aliphatic rings. The van der Waals surface area contributed by atoms with Gasteiger partial charge in [0.1, 0.15) is 0 Å². The average Bonchev–Trinajstić information content (AvgIpc) is 3.43.